The molecule has 0 unspecified atom stereocenters. The van der Waals surface area contributed by atoms with E-state index in [1.807, 2.05) is 49.1 Å². The molecule has 0 atom stereocenters. The number of rotatable bonds is 9. The van der Waals surface area contributed by atoms with Crippen LogP contribution in [0.15, 0.2) is 207 Å². The van der Waals surface area contributed by atoms with Gasteiger partial charge in [-0.15, -0.1) is 130 Å². The van der Waals surface area contributed by atoms with E-state index >= 15 is 0 Å². The molecule has 0 bridgehead atoms. The normalized spacial score (nSPS) is 12.5. The molecular formula is C69H51N5Pt2. The van der Waals surface area contributed by atoms with Crippen LogP contribution in [-0.2, 0) is 54.0 Å². The van der Waals surface area contributed by atoms with Crippen LogP contribution < -0.4 is 15.3 Å². The van der Waals surface area contributed by atoms with E-state index < -0.39 is 0 Å². The third-order valence-electron chi connectivity index (χ3n) is 14.2. The second-order valence-electron chi connectivity index (χ2n) is 19.5. The zero-order chi connectivity index (χ0) is 50.0. The van der Waals surface area contributed by atoms with Crippen LogP contribution in [0.5, 0.6) is 0 Å². The van der Waals surface area contributed by atoms with Crippen LogP contribution in [0, 0.1) is 31.2 Å². The van der Waals surface area contributed by atoms with Crippen molar-refractivity contribution in [2.45, 2.75) is 45.4 Å². The second-order valence-corrected chi connectivity index (χ2v) is 19.5. The van der Waals surface area contributed by atoms with E-state index in [1.165, 1.54) is 43.6 Å². The number of nitrogens with zero attached hydrogens (tertiary/aromatic N) is 5. The standard InChI is InChI=1S/C38H29N3.C31H22N2.2Pt/c1-26-19-21-40-37(22-26)28-11-9-13-30(24-28)41(29-12-8-10-27(23-29)36-16-6-7-20-39-36)31-17-18-33-32-14-4-5-15-34(32)38(2,3)35(33)25-31;1-3-13-28-24(9-1)15-17-32-30(28)26-11-5-7-22(20-26)19-23-8-6-12-27(21-23)31-29-14-4-2-10-25(29)16-18-33-31;;/h4-22,25H,1-3H3;1,3,5-18H,2,4,19H2;;/q2*-2;2*+2. The van der Waals surface area contributed by atoms with Gasteiger partial charge in [-0.2, -0.15) is 0 Å². The Kier molecular flexibility index (Phi) is 15.4. The molecular weight excluding hydrogens is 1290 g/mol. The Bertz CT molecular complexity index is 4010. The van der Waals surface area contributed by atoms with Crippen LogP contribution in [0.25, 0.3) is 79.1 Å². The molecule has 4 aromatic heterocycles. The molecule has 0 aliphatic heterocycles. The summed E-state index contributed by atoms with van der Waals surface area (Å²) in [4.78, 5) is 20.8. The Balaban J connectivity index is 0.000000172. The van der Waals surface area contributed by atoms with Crippen molar-refractivity contribution in [3.8, 4) is 56.2 Å². The molecule has 372 valence electrons. The summed E-state index contributed by atoms with van der Waals surface area (Å²) < 4.78 is 0. The average Bonchev–Trinajstić information content (AvgIpc) is 3.74. The zero-order valence-corrected chi connectivity index (χ0v) is 46.8. The Hall–Kier alpha value is -7.68. The van der Waals surface area contributed by atoms with Gasteiger partial charge in [-0.1, -0.05) is 104 Å². The SMILES string of the molecule is Cc1ccnc(-c2[c-]c(N(c3[c-]c(-c4ccccn4)ccc3)c3ccc4c(c3)C(C)(C)c3ccccc3-4)ccc2)c1.[Pt+2].[Pt+2].[c-]1c(Cc2[c-]c(-c3nccc4ccccc34)ccc2)cccc1-c1nccc2c1=CCCC=2. The fourth-order valence-electron chi connectivity index (χ4n) is 10.5. The van der Waals surface area contributed by atoms with Crippen molar-refractivity contribution in [2.75, 3.05) is 4.90 Å². The number of pyridine rings is 4. The molecule has 0 fully saturated rings. The maximum atomic E-state index is 4.69. The fraction of sp³-hybridized carbons (Fsp3) is 0.101. The van der Waals surface area contributed by atoms with E-state index in [-0.39, 0.29) is 47.5 Å². The Morgan fingerprint density at radius 1 is 0.474 bits per heavy atom. The molecule has 0 saturated heterocycles. The number of benzene rings is 7. The summed E-state index contributed by atoms with van der Waals surface area (Å²) in [6.07, 6.45) is 15.0. The fourth-order valence-corrected chi connectivity index (χ4v) is 10.5. The zero-order valence-electron chi connectivity index (χ0n) is 42.3. The molecule has 0 radical (unpaired) electrons. The Morgan fingerprint density at radius 2 is 1.09 bits per heavy atom. The van der Waals surface area contributed by atoms with Gasteiger partial charge in [0.1, 0.15) is 0 Å². The summed E-state index contributed by atoms with van der Waals surface area (Å²) in [7, 11) is 0. The van der Waals surface area contributed by atoms with E-state index in [0.717, 1.165) is 97.9 Å². The molecule has 0 saturated carbocycles. The first-order valence-corrected chi connectivity index (χ1v) is 25.3. The molecule has 11 aromatic rings. The van der Waals surface area contributed by atoms with Crippen molar-refractivity contribution in [1.29, 1.82) is 0 Å². The van der Waals surface area contributed by atoms with E-state index in [1.54, 1.807) is 0 Å². The smallest absolute Gasteiger partial charge is 0.346 e. The molecule has 0 amide bonds. The summed E-state index contributed by atoms with van der Waals surface area (Å²) in [6.45, 7) is 6.72. The first kappa shape index (κ1) is 51.8. The van der Waals surface area contributed by atoms with Crippen molar-refractivity contribution in [2.24, 2.45) is 0 Å². The molecule has 13 rings (SSSR count). The second kappa shape index (κ2) is 22.7. The number of aryl methyl sites for hydroxylation is 1. The van der Waals surface area contributed by atoms with Gasteiger partial charge < -0.3 is 24.8 Å². The molecule has 7 heteroatoms. The maximum absolute atomic E-state index is 4.69. The minimum absolute atomic E-state index is 0. The monoisotopic (exact) mass is 1340 g/mol. The van der Waals surface area contributed by atoms with E-state index in [4.69, 9.17) is 4.98 Å². The predicted octanol–water partition coefficient (Wildman–Crippen LogP) is 15.0. The van der Waals surface area contributed by atoms with Gasteiger partial charge in [0.05, 0.1) is 0 Å². The third kappa shape index (κ3) is 10.5. The van der Waals surface area contributed by atoms with Crippen LogP contribution in [0.4, 0.5) is 17.1 Å². The van der Waals surface area contributed by atoms with Gasteiger partial charge in [0.2, 0.25) is 0 Å². The quantitative estimate of drug-likeness (QED) is 0.135. The van der Waals surface area contributed by atoms with Gasteiger partial charge in [0, 0.05) is 35.9 Å². The molecule has 5 nitrogen and oxygen atoms in total. The summed E-state index contributed by atoms with van der Waals surface area (Å²) >= 11 is 0. The minimum atomic E-state index is -0.107. The van der Waals surface area contributed by atoms with E-state index in [2.05, 4.69) is 235 Å². The van der Waals surface area contributed by atoms with Gasteiger partial charge in [-0.3, -0.25) is 0 Å². The summed E-state index contributed by atoms with van der Waals surface area (Å²) in [5.41, 5.74) is 19.3. The first-order valence-electron chi connectivity index (χ1n) is 25.3. The minimum Gasteiger partial charge on any atom is -0.346 e. The van der Waals surface area contributed by atoms with Crippen molar-refractivity contribution < 1.29 is 42.1 Å². The van der Waals surface area contributed by atoms with Crippen molar-refractivity contribution >= 4 is 40.0 Å². The van der Waals surface area contributed by atoms with Crippen LogP contribution in [0.3, 0.4) is 0 Å². The van der Waals surface area contributed by atoms with Gasteiger partial charge in [-0.05, 0) is 140 Å². The predicted molar refractivity (Wildman–Crippen MR) is 302 cm³/mol. The summed E-state index contributed by atoms with van der Waals surface area (Å²) in [6, 6.07) is 77.8. The molecule has 76 heavy (non-hydrogen) atoms. The number of anilines is 3. The number of fused-ring (bicyclic) bond motifs is 5. The third-order valence-corrected chi connectivity index (χ3v) is 14.2. The van der Waals surface area contributed by atoms with Gasteiger partial charge in [0.25, 0.3) is 0 Å². The van der Waals surface area contributed by atoms with Gasteiger partial charge >= 0.3 is 42.1 Å². The first-order chi connectivity index (χ1) is 36.3. The van der Waals surface area contributed by atoms with Crippen LogP contribution in [-0.4, -0.2) is 19.9 Å². The largest absolute Gasteiger partial charge is 2.00 e. The topological polar surface area (TPSA) is 54.8 Å². The molecule has 0 spiro atoms. The van der Waals surface area contributed by atoms with E-state index in [9.17, 15) is 0 Å². The van der Waals surface area contributed by atoms with Crippen molar-refractivity contribution in [3.05, 3.63) is 269 Å². The van der Waals surface area contributed by atoms with Crippen molar-refractivity contribution in [3.63, 3.8) is 0 Å². The molecule has 0 N–H and O–H groups in total. The molecule has 7 aromatic carbocycles. The molecule has 2 aliphatic carbocycles. The van der Waals surface area contributed by atoms with Gasteiger partial charge in [-0.25, -0.2) is 0 Å². The summed E-state index contributed by atoms with van der Waals surface area (Å²) in [5.74, 6) is 0. The molecule has 4 heterocycles. The average molecular weight is 1340 g/mol. The van der Waals surface area contributed by atoms with Crippen LogP contribution in [0.1, 0.15) is 54.5 Å². The number of hydrogen-bond acceptors (Lipinski definition) is 5. The van der Waals surface area contributed by atoms with Gasteiger partial charge in [0.15, 0.2) is 0 Å². The van der Waals surface area contributed by atoms with Crippen molar-refractivity contribution in [1.82, 2.24) is 19.9 Å². The van der Waals surface area contributed by atoms with Crippen LogP contribution in [0.2, 0.25) is 0 Å². The Morgan fingerprint density at radius 3 is 1.86 bits per heavy atom. The summed E-state index contributed by atoms with van der Waals surface area (Å²) in [5, 5.41) is 4.84. The van der Waals surface area contributed by atoms with E-state index in [0.29, 0.717) is 0 Å². The Labute approximate surface area is 474 Å². The maximum Gasteiger partial charge on any atom is 2.00 e. The number of aromatic nitrogens is 4. The number of hydrogen-bond donors (Lipinski definition) is 0. The van der Waals surface area contributed by atoms with Crippen LogP contribution >= 0.6 is 0 Å². The molecule has 2 aliphatic rings.